The van der Waals surface area contributed by atoms with Crippen LogP contribution in [0.2, 0.25) is 0 Å². The van der Waals surface area contributed by atoms with Gasteiger partial charge in [-0.2, -0.15) is 0 Å². The minimum atomic E-state index is 0.0499. The van der Waals surface area contributed by atoms with Crippen LogP contribution in [0.25, 0.3) is 15.9 Å². The standard InChI is InChI=1S/C18H18N2O2S2/c1-22-12-9-7-11(8-10-12)20-17(21)15-13-5-3-4-6-14(13)24-16(15)19-18(20)23-2/h7-10H,3-6H2,1-2H3. The molecule has 3 aromatic rings. The van der Waals surface area contributed by atoms with Crippen LogP contribution < -0.4 is 10.3 Å². The third kappa shape index (κ3) is 2.45. The summed E-state index contributed by atoms with van der Waals surface area (Å²) in [6, 6.07) is 7.57. The number of aryl methyl sites for hydroxylation is 2. The van der Waals surface area contributed by atoms with Crippen LogP contribution in [-0.2, 0) is 12.8 Å². The van der Waals surface area contributed by atoms with Gasteiger partial charge in [-0.05, 0) is 61.8 Å². The number of fused-ring (bicyclic) bond motifs is 3. The van der Waals surface area contributed by atoms with Crippen LogP contribution in [0.5, 0.6) is 5.75 Å². The Labute approximate surface area is 148 Å². The summed E-state index contributed by atoms with van der Waals surface area (Å²) < 4.78 is 6.95. The molecule has 6 heteroatoms. The van der Waals surface area contributed by atoms with E-state index in [1.54, 1.807) is 23.0 Å². The van der Waals surface area contributed by atoms with Gasteiger partial charge >= 0.3 is 0 Å². The number of thioether (sulfide) groups is 1. The molecule has 4 nitrogen and oxygen atoms in total. The lowest BCUT2D eigenvalue weighted by atomic mass is 9.97. The Balaban J connectivity index is 1.99. The normalized spacial score (nSPS) is 13.9. The van der Waals surface area contributed by atoms with Gasteiger partial charge in [0.2, 0.25) is 0 Å². The van der Waals surface area contributed by atoms with Crippen molar-refractivity contribution in [3.63, 3.8) is 0 Å². The van der Waals surface area contributed by atoms with Gasteiger partial charge in [0, 0.05) is 4.88 Å². The van der Waals surface area contributed by atoms with E-state index in [2.05, 4.69) is 0 Å². The number of nitrogens with zero attached hydrogens (tertiary/aromatic N) is 2. The van der Waals surface area contributed by atoms with Gasteiger partial charge in [-0.25, -0.2) is 4.98 Å². The zero-order valence-electron chi connectivity index (χ0n) is 13.7. The maximum atomic E-state index is 13.3. The third-order valence-electron chi connectivity index (χ3n) is 4.47. The molecular formula is C18H18N2O2S2. The van der Waals surface area contributed by atoms with Crippen molar-refractivity contribution in [3.8, 4) is 11.4 Å². The first-order valence-electron chi connectivity index (χ1n) is 7.98. The van der Waals surface area contributed by atoms with Crippen LogP contribution in [0.1, 0.15) is 23.3 Å². The molecule has 0 unspecified atom stereocenters. The average molecular weight is 358 g/mol. The molecular weight excluding hydrogens is 340 g/mol. The highest BCUT2D eigenvalue weighted by molar-refractivity contribution is 7.98. The van der Waals surface area contributed by atoms with E-state index in [9.17, 15) is 4.79 Å². The highest BCUT2D eigenvalue weighted by Crippen LogP contribution is 2.35. The van der Waals surface area contributed by atoms with Gasteiger partial charge in [-0.15, -0.1) is 11.3 Å². The molecule has 0 saturated carbocycles. The van der Waals surface area contributed by atoms with Crippen molar-refractivity contribution in [2.24, 2.45) is 0 Å². The minimum absolute atomic E-state index is 0.0499. The van der Waals surface area contributed by atoms with Gasteiger partial charge in [0.05, 0.1) is 18.2 Å². The fourth-order valence-electron chi connectivity index (χ4n) is 3.28. The SMILES string of the molecule is COc1ccc(-n2c(SC)nc3sc4c(c3c2=O)CCCC4)cc1. The summed E-state index contributed by atoms with van der Waals surface area (Å²) >= 11 is 3.20. The predicted molar refractivity (Wildman–Crippen MR) is 100 cm³/mol. The second-order valence-corrected chi connectivity index (χ2v) is 7.69. The van der Waals surface area contributed by atoms with Gasteiger partial charge in [-0.1, -0.05) is 11.8 Å². The number of ether oxygens (including phenoxy) is 1. The quantitative estimate of drug-likeness (QED) is 0.523. The van der Waals surface area contributed by atoms with Crippen molar-refractivity contribution < 1.29 is 4.74 Å². The second kappa shape index (κ2) is 6.26. The van der Waals surface area contributed by atoms with Gasteiger partial charge in [0.25, 0.3) is 5.56 Å². The first kappa shape index (κ1) is 15.7. The van der Waals surface area contributed by atoms with Crippen molar-refractivity contribution in [1.29, 1.82) is 0 Å². The van der Waals surface area contributed by atoms with Crippen molar-refractivity contribution >= 4 is 33.3 Å². The Kier molecular flexibility index (Phi) is 4.10. The fourth-order valence-corrected chi connectivity index (χ4v) is 5.15. The van der Waals surface area contributed by atoms with Crippen molar-refractivity contribution in [3.05, 3.63) is 45.1 Å². The molecule has 4 rings (SSSR count). The number of hydrogen-bond donors (Lipinski definition) is 0. The van der Waals surface area contributed by atoms with E-state index < -0.39 is 0 Å². The van der Waals surface area contributed by atoms with Gasteiger partial charge in [0.1, 0.15) is 10.6 Å². The fraction of sp³-hybridized carbons (Fsp3) is 0.333. The zero-order valence-corrected chi connectivity index (χ0v) is 15.3. The van der Waals surface area contributed by atoms with E-state index in [1.807, 2.05) is 30.5 Å². The van der Waals surface area contributed by atoms with Gasteiger partial charge in [-0.3, -0.25) is 9.36 Å². The van der Waals surface area contributed by atoms with E-state index in [1.165, 1.54) is 28.6 Å². The van der Waals surface area contributed by atoms with E-state index in [0.29, 0.717) is 0 Å². The number of rotatable bonds is 3. The number of hydrogen-bond acceptors (Lipinski definition) is 5. The highest BCUT2D eigenvalue weighted by atomic mass is 32.2. The molecule has 2 heterocycles. The molecule has 0 fully saturated rings. The van der Waals surface area contributed by atoms with Crippen LogP contribution in [0.4, 0.5) is 0 Å². The summed E-state index contributed by atoms with van der Waals surface area (Å²) in [6.45, 7) is 0. The average Bonchev–Trinajstić information content (AvgIpc) is 3.00. The van der Waals surface area contributed by atoms with Crippen LogP contribution in [0.15, 0.2) is 34.2 Å². The summed E-state index contributed by atoms with van der Waals surface area (Å²) in [5, 5.41) is 1.56. The Bertz CT molecular complexity index is 958. The topological polar surface area (TPSA) is 44.1 Å². The molecule has 0 atom stereocenters. The van der Waals surface area contributed by atoms with E-state index >= 15 is 0 Å². The molecule has 2 aromatic heterocycles. The monoisotopic (exact) mass is 358 g/mol. The van der Waals surface area contributed by atoms with Crippen molar-refractivity contribution in [2.75, 3.05) is 13.4 Å². The molecule has 0 radical (unpaired) electrons. The second-order valence-electron chi connectivity index (χ2n) is 5.83. The summed E-state index contributed by atoms with van der Waals surface area (Å²) in [7, 11) is 1.64. The first-order valence-corrected chi connectivity index (χ1v) is 10.0. The molecule has 1 aliphatic carbocycles. The molecule has 0 bridgehead atoms. The number of methoxy groups -OCH3 is 1. The largest absolute Gasteiger partial charge is 0.497 e. The van der Waals surface area contributed by atoms with E-state index in [4.69, 9.17) is 9.72 Å². The lowest BCUT2D eigenvalue weighted by Crippen LogP contribution is -2.22. The number of aromatic nitrogens is 2. The molecule has 24 heavy (non-hydrogen) atoms. The van der Waals surface area contributed by atoms with Crippen LogP contribution in [-0.4, -0.2) is 22.9 Å². The Morgan fingerprint density at radius 3 is 2.67 bits per heavy atom. The molecule has 0 N–H and O–H groups in total. The van der Waals surface area contributed by atoms with Crippen molar-refractivity contribution in [2.45, 2.75) is 30.8 Å². The molecule has 1 aliphatic rings. The van der Waals surface area contributed by atoms with E-state index in [-0.39, 0.29) is 5.56 Å². The van der Waals surface area contributed by atoms with Crippen molar-refractivity contribution in [1.82, 2.24) is 9.55 Å². The van der Waals surface area contributed by atoms with Gasteiger partial charge < -0.3 is 4.74 Å². The summed E-state index contributed by atoms with van der Waals surface area (Å²) in [5.41, 5.74) is 2.11. The number of benzene rings is 1. The smallest absolute Gasteiger partial charge is 0.267 e. The van der Waals surface area contributed by atoms with Crippen LogP contribution in [0, 0.1) is 0 Å². The lowest BCUT2D eigenvalue weighted by molar-refractivity contribution is 0.414. The molecule has 0 aliphatic heterocycles. The Morgan fingerprint density at radius 1 is 1.21 bits per heavy atom. The molecule has 124 valence electrons. The molecule has 0 saturated heterocycles. The minimum Gasteiger partial charge on any atom is -0.497 e. The maximum Gasteiger partial charge on any atom is 0.267 e. The Hall–Kier alpha value is -1.79. The molecule has 0 amide bonds. The first-order chi connectivity index (χ1) is 11.7. The van der Waals surface area contributed by atoms with Gasteiger partial charge in [0.15, 0.2) is 5.16 Å². The highest BCUT2D eigenvalue weighted by Gasteiger charge is 2.22. The zero-order chi connectivity index (χ0) is 16.7. The molecule has 0 spiro atoms. The van der Waals surface area contributed by atoms with Crippen LogP contribution in [0.3, 0.4) is 0 Å². The van der Waals surface area contributed by atoms with Crippen LogP contribution >= 0.6 is 23.1 Å². The molecule has 1 aromatic carbocycles. The lowest BCUT2D eigenvalue weighted by Gasteiger charge is -2.13. The summed E-state index contributed by atoms with van der Waals surface area (Å²) in [6.07, 6.45) is 6.40. The van der Waals surface area contributed by atoms with E-state index in [0.717, 1.165) is 46.1 Å². The summed E-state index contributed by atoms with van der Waals surface area (Å²) in [4.78, 5) is 20.3. The number of thiophene rings is 1. The third-order valence-corrected chi connectivity index (χ3v) is 6.30. The predicted octanol–water partition coefficient (Wildman–Crippen LogP) is 4.06. The summed E-state index contributed by atoms with van der Waals surface area (Å²) in [5.74, 6) is 0.777. The maximum absolute atomic E-state index is 13.3. The Morgan fingerprint density at radius 2 is 1.96 bits per heavy atom.